The molecule has 1 aromatic carbocycles. The number of pyridine rings is 2. The fraction of sp³-hybridized carbons (Fsp3) is 0.227. The fourth-order valence-corrected chi connectivity index (χ4v) is 4.26. The van der Waals surface area contributed by atoms with Crippen molar-refractivity contribution in [3.05, 3.63) is 87.2 Å². The van der Waals surface area contributed by atoms with Crippen molar-refractivity contribution < 1.29 is 4.79 Å². The minimum absolute atomic E-state index is 0.0381. The van der Waals surface area contributed by atoms with Crippen molar-refractivity contribution in [2.75, 3.05) is 31.1 Å². The average Bonchev–Trinajstić information content (AvgIpc) is 2.75. The van der Waals surface area contributed by atoms with Gasteiger partial charge in [0.25, 0.3) is 0 Å². The van der Waals surface area contributed by atoms with Crippen LogP contribution in [-0.2, 0) is 0 Å². The van der Waals surface area contributed by atoms with E-state index in [-0.39, 0.29) is 11.8 Å². The van der Waals surface area contributed by atoms with Crippen molar-refractivity contribution in [2.24, 2.45) is 0 Å². The lowest BCUT2D eigenvalue weighted by molar-refractivity contribution is 0.0914. The first kappa shape index (κ1) is 21.1. The van der Waals surface area contributed by atoms with Gasteiger partial charge in [-0.1, -0.05) is 46.9 Å². The van der Waals surface area contributed by atoms with Crippen molar-refractivity contribution in [1.29, 1.82) is 0 Å². The molecule has 154 valence electrons. The lowest BCUT2D eigenvalue weighted by Gasteiger charge is -2.42. The molecule has 0 saturated carbocycles. The van der Waals surface area contributed by atoms with Crippen LogP contribution in [0.25, 0.3) is 0 Å². The third-order valence-electron chi connectivity index (χ3n) is 5.13. The largest absolute Gasteiger partial charge is 0.346 e. The molecular formula is C22H19Cl3N4O. The second-order valence-electron chi connectivity index (χ2n) is 7.12. The summed E-state index contributed by atoms with van der Waals surface area (Å²) in [5.41, 5.74) is 1.69. The molecule has 0 spiro atoms. The van der Waals surface area contributed by atoms with Crippen molar-refractivity contribution in [2.45, 2.75) is 6.04 Å². The Bertz CT molecular complexity index is 1030. The Labute approximate surface area is 190 Å². The van der Waals surface area contributed by atoms with Crippen LogP contribution in [0.2, 0.25) is 15.1 Å². The van der Waals surface area contributed by atoms with E-state index in [2.05, 4.69) is 19.8 Å². The Morgan fingerprint density at radius 3 is 2.53 bits per heavy atom. The Morgan fingerprint density at radius 1 is 1.03 bits per heavy atom. The minimum atomic E-state index is -0.0381. The van der Waals surface area contributed by atoms with Crippen molar-refractivity contribution >= 4 is 46.4 Å². The molecule has 4 rings (SSSR count). The smallest absolute Gasteiger partial charge is 0.178 e. The summed E-state index contributed by atoms with van der Waals surface area (Å²) in [7, 11) is 0. The van der Waals surface area contributed by atoms with E-state index in [4.69, 9.17) is 34.8 Å². The maximum absolute atomic E-state index is 12.7. The van der Waals surface area contributed by atoms with E-state index in [0.717, 1.165) is 5.56 Å². The molecule has 1 fully saturated rings. The van der Waals surface area contributed by atoms with Gasteiger partial charge in [-0.15, -0.1) is 0 Å². The number of aromatic nitrogens is 2. The Balaban J connectivity index is 1.60. The molecule has 3 heterocycles. The standard InChI is InChI=1S/C22H19Cl3N4O/c23-17-5-3-15(4-6-17)20-13-28(14-21(30)16-2-1-7-26-11-16)8-9-29(20)22-19(25)10-18(24)12-27-22/h1-7,10-12,20H,8-9,13-14H2/t20-/m0/s1. The first-order valence-electron chi connectivity index (χ1n) is 9.50. The summed E-state index contributed by atoms with van der Waals surface area (Å²) in [5, 5.41) is 1.67. The van der Waals surface area contributed by atoms with Crippen molar-refractivity contribution in [3.63, 3.8) is 0 Å². The maximum Gasteiger partial charge on any atom is 0.178 e. The quantitative estimate of drug-likeness (QED) is 0.490. The SMILES string of the molecule is O=C(CN1CCN(c2ncc(Cl)cc2Cl)[C@H](c2ccc(Cl)cc2)C1)c1cccnc1. The van der Waals surface area contributed by atoms with Crippen LogP contribution in [0.1, 0.15) is 22.0 Å². The van der Waals surface area contributed by atoms with Crippen LogP contribution in [0, 0.1) is 0 Å². The van der Waals surface area contributed by atoms with Crippen molar-refractivity contribution in [1.82, 2.24) is 14.9 Å². The number of ketones is 1. The molecule has 1 aliphatic heterocycles. The molecule has 0 radical (unpaired) electrons. The second-order valence-corrected chi connectivity index (χ2v) is 8.40. The van der Waals surface area contributed by atoms with Crippen LogP contribution in [-0.4, -0.2) is 46.8 Å². The number of halogens is 3. The lowest BCUT2D eigenvalue weighted by atomic mass is 10.0. The first-order valence-corrected chi connectivity index (χ1v) is 10.6. The van der Waals surface area contributed by atoms with Gasteiger partial charge in [0.2, 0.25) is 0 Å². The number of benzene rings is 1. The number of anilines is 1. The first-order chi connectivity index (χ1) is 14.5. The highest BCUT2D eigenvalue weighted by molar-refractivity contribution is 6.36. The van der Waals surface area contributed by atoms with Crippen LogP contribution >= 0.6 is 34.8 Å². The summed E-state index contributed by atoms with van der Waals surface area (Å²) in [6.45, 7) is 2.35. The topological polar surface area (TPSA) is 49.3 Å². The highest BCUT2D eigenvalue weighted by Gasteiger charge is 2.31. The number of carbonyl (C=O) groups is 1. The molecule has 0 bridgehead atoms. The van der Waals surface area contributed by atoms with Crippen LogP contribution in [0.3, 0.4) is 0 Å². The van der Waals surface area contributed by atoms with Gasteiger partial charge < -0.3 is 4.90 Å². The highest BCUT2D eigenvalue weighted by atomic mass is 35.5. The molecular weight excluding hydrogens is 443 g/mol. The molecule has 1 atom stereocenters. The molecule has 30 heavy (non-hydrogen) atoms. The number of piperazine rings is 1. The highest BCUT2D eigenvalue weighted by Crippen LogP contribution is 2.35. The normalized spacial score (nSPS) is 17.2. The van der Waals surface area contributed by atoms with Gasteiger partial charge in [-0.25, -0.2) is 4.98 Å². The molecule has 8 heteroatoms. The zero-order valence-corrected chi connectivity index (χ0v) is 18.3. The minimum Gasteiger partial charge on any atom is -0.346 e. The molecule has 3 aromatic rings. The van der Waals surface area contributed by atoms with Gasteiger partial charge in [0.15, 0.2) is 5.78 Å². The van der Waals surface area contributed by atoms with E-state index in [0.29, 0.717) is 52.6 Å². The lowest BCUT2D eigenvalue weighted by Crippen LogP contribution is -2.50. The van der Waals surface area contributed by atoms with Gasteiger partial charge in [0.05, 0.1) is 22.6 Å². The molecule has 0 N–H and O–H groups in total. The molecule has 5 nitrogen and oxygen atoms in total. The number of carbonyl (C=O) groups excluding carboxylic acids is 1. The van der Waals surface area contributed by atoms with E-state index >= 15 is 0 Å². The van der Waals surface area contributed by atoms with Gasteiger partial charge in [0, 0.05) is 48.8 Å². The van der Waals surface area contributed by atoms with Gasteiger partial charge in [-0.3, -0.25) is 14.7 Å². The number of Topliss-reactive ketones (excluding diaryl/α,β-unsaturated/α-hetero) is 1. The van der Waals surface area contributed by atoms with Crippen LogP contribution in [0.15, 0.2) is 61.1 Å². The molecule has 0 unspecified atom stereocenters. The summed E-state index contributed by atoms with van der Waals surface area (Å²) < 4.78 is 0. The van der Waals surface area contributed by atoms with Gasteiger partial charge in [-0.05, 0) is 35.9 Å². The van der Waals surface area contributed by atoms with Gasteiger partial charge in [0.1, 0.15) is 5.82 Å². The van der Waals surface area contributed by atoms with Crippen LogP contribution in [0.4, 0.5) is 5.82 Å². The zero-order valence-electron chi connectivity index (χ0n) is 16.0. The number of nitrogens with zero attached hydrogens (tertiary/aromatic N) is 4. The summed E-state index contributed by atoms with van der Waals surface area (Å²) in [5.74, 6) is 0.730. The van der Waals surface area contributed by atoms with Crippen LogP contribution < -0.4 is 4.90 Å². The fourth-order valence-electron chi connectivity index (χ4n) is 3.65. The second kappa shape index (κ2) is 9.31. The van der Waals surface area contributed by atoms with E-state index in [1.807, 2.05) is 24.3 Å². The van der Waals surface area contributed by atoms with E-state index in [1.165, 1.54) is 0 Å². The number of rotatable bonds is 5. The van der Waals surface area contributed by atoms with Gasteiger partial charge >= 0.3 is 0 Å². The molecule has 2 aromatic heterocycles. The predicted molar refractivity (Wildman–Crippen MR) is 121 cm³/mol. The Morgan fingerprint density at radius 2 is 1.83 bits per heavy atom. The summed E-state index contributed by atoms with van der Waals surface area (Å²) >= 11 is 18.6. The summed E-state index contributed by atoms with van der Waals surface area (Å²) in [6, 6.07) is 13.0. The molecule has 1 aliphatic rings. The third-order valence-corrected chi connectivity index (χ3v) is 5.87. The summed E-state index contributed by atoms with van der Waals surface area (Å²) in [4.78, 5) is 25.5. The number of hydrogen-bond acceptors (Lipinski definition) is 5. The molecule has 1 saturated heterocycles. The Kier molecular flexibility index (Phi) is 6.54. The van der Waals surface area contributed by atoms with E-state index < -0.39 is 0 Å². The van der Waals surface area contributed by atoms with Crippen LogP contribution in [0.5, 0.6) is 0 Å². The third kappa shape index (κ3) is 4.76. The molecule has 0 amide bonds. The zero-order chi connectivity index (χ0) is 21.1. The van der Waals surface area contributed by atoms with Crippen molar-refractivity contribution in [3.8, 4) is 0 Å². The van der Waals surface area contributed by atoms with E-state index in [1.54, 1.807) is 36.8 Å². The Hall–Kier alpha value is -2.18. The van der Waals surface area contributed by atoms with E-state index in [9.17, 15) is 4.79 Å². The van der Waals surface area contributed by atoms with Gasteiger partial charge in [-0.2, -0.15) is 0 Å². The monoisotopic (exact) mass is 460 g/mol. The predicted octanol–water partition coefficient (Wildman–Crippen LogP) is 5.18. The molecule has 0 aliphatic carbocycles. The summed E-state index contributed by atoms with van der Waals surface area (Å²) in [6.07, 6.45) is 4.86. The number of hydrogen-bond donors (Lipinski definition) is 0. The average molecular weight is 462 g/mol. The maximum atomic E-state index is 12.7.